The lowest BCUT2D eigenvalue weighted by molar-refractivity contribution is -0.122. The maximum Gasteiger partial charge on any atom is 0.265 e. The molecule has 0 radical (unpaired) electrons. The number of ether oxygens (including phenoxy) is 1. The van der Waals surface area contributed by atoms with Crippen LogP contribution in [-0.4, -0.2) is 12.0 Å². The summed E-state index contributed by atoms with van der Waals surface area (Å²) in [6.07, 6.45) is -0.389. The van der Waals surface area contributed by atoms with E-state index >= 15 is 0 Å². The summed E-state index contributed by atoms with van der Waals surface area (Å²) in [5, 5.41) is 2.75. The van der Waals surface area contributed by atoms with Gasteiger partial charge in [0, 0.05) is 0 Å². The fourth-order valence-electron chi connectivity index (χ4n) is 1.15. The second kappa shape index (κ2) is 2.52. The Hall–Kier alpha value is -1.51. The number of amides is 1. The van der Waals surface area contributed by atoms with Crippen LogP contribution in [0.15, 0.2) is 24.3 Å². The maximum atomic E-state index is 11.1. The second-order valence-electron chi connectivity index (χ2n) is 2.75. The first-order valence-corrected chi connectivity index (χ1v) is 3.84. The monoisotopic (exact) mass is 163 g/mol. The lowest BCUT2D eigenvalue weighted by Crippen LogP contribution is -2.34. The number of anilines is 1. The number of nitrogens with one attached hydrogen (secondary N) is 1. The molecule has 0 aliphatic carbocycles. The fraction of sp³-hybridized carbons (Fsp3) is 0.222. The average Bonchev–Trinajstić information content (AvgIpc) is 2.07. The molecular formula is C9H9NO2. The van der Waals surface area contributed by atoms with Gasteiger partial charge in [-0.25, -0.2) is 0 Å². The number of fused-ring (bicyclic) bond motifs is 1. The standard InChI is InChI=1S/C9H9NO2/c1-6-9(11)10-7-4-2-3-5-8(7)12-6/h2-6H,1H3,(H,10,11)/t6-/m1/s1. The molecule has 12 heavy (non-hydrogen) atoms. The molecule has 3 heteroatoms. The first-order chi connectivity index (χ1) is 5.77. The highest BCUT2D eigenvalue weighted by Crippen LogP contribution is 2.28. The molecule has 0 saturated carbocycles. The molecular weight excluding hydrogens is 154 g/mol. The van der Waals surface area contributed by atoms with Crippen molar-refractivity contribution in [2.45, 2.75) is 13.0 Å². The SMILES string of the molecule is C[C@H]1Oc2ccccc2NC1=O. The van der Waals surface area contributed by atoms with Gasteiger partial charge in [0.1, 0.15) is 5.75 Å². The molecule has 0 spiro atoms. The van der Waals surface area contributed by atoms with Crippen LogP contribution < -0.4 is 10.1 Å². The topological polar surface area (TPSA) is 38.3 Å². The van der Waals surface area contributed by atoms with Gasteiger partial charge in [-0.15, -0.1) is 0 Å². The van der Waals surface area contributed by atoms with Crippen LogP contribution >= 0.6 is 0 Å². The molecule has 1 amide bonds. The molecule has 1 N–H and O–H groups in total. The zero-order chi connectivity index (χ0) is 8.55. The normalized spacial score (nSPS) is 20.8. The van der Waals surface area contributed by atoms with Crippen molar-refractivity contribution in [2.24, 2.45) is 0 Å². The number of hydrogen-bond donors (Lipinski definition) is 1. The molecule has 0 unspecified atom stereocenters. The van der Waals surface area contributed by atoms with Crippen LogP contribution in [0, 0.1) is 0 Å². The van der Waals surface area contributed by atoms with Crippen LogP contribution in [0.1, 0.15) is 6.92 Å². The second-order valence-corrected chi connectivity index (χ2v) is 2.75. The van der Waals surface area contributed by atoms with Gasteiger partial charge >= 0.3 is 0 Å². The fourth-order valence-corrected chi connectivity index (χ4v) is 1.15. The Morgan fingerprint density at radius 1 is 1.42 bits per heavy atom. The van der Waals surface area contributed by atoms with Crippen LogP contribution in [-0.2, 0) is 4.79 Å². The van der Waals surface area contributed by atoms with Gasteiger partial charge in [-0.2, -0.15) is 0 Å². The highest BCUT2D eigenvalue weighted by Gasteiger charge is 2.22. The zero-order valence-electron chi connectivity index (χ0n) is 6.70. The first kappa shape index (κ1) is 7.16. The molecule has 0 bridgehead atoms. The van der Waals surface area contributed by atoms with Crippen LogP contribution in [0.4, 0.5) is 5.69 Å². The van der Waals surface area contributed by atoms with Gasteiger partial charge in [0.05, 0.1) is 5.69 Å². The van der Waals surface area contributed by atoms with E-state index in [0.717, 1.165) is 11.4 Å². The Bertz CT molecular complexity index is 322. The quantitative estimate of drug-likeness (QED) is 0.628. The van der Waals surface area contributed by atoms with E-state index in [9.17, 15) is 4.79 Å². The van der Waals surface area contributed by atoms with E-state index in [0.29, 0.717) is 0 Å². The van der Waals surface area contributed by atoms with Crippen molar-refractivity contribution in [3.63, 3.8) is 0 Å². The number of carbonyl (C=O) groups is 1. The predicted octanol–water partition coefficient (Wildman–Crippen LogP) is 1.41. The Balaban J connectivity index is 2.40. The molecule has 0 saturated heterocycles. The molecule has 2 rings (SSSR count). The lowest BCUT2D eigenvalue weighted by Gasteiger charge is -2.22. The Kier molecular flexibility index (Phi) is 1.50. The van der Waals surface area contributed by atoms with Crippen molar-refractivity contribution in [3.8, 4) is 5.75 Å². The van der Waals surface area contributed by atoms with Crippen LogP contribution in [0.3, 0.4) is 0 Å². The zero-order valence-corrected chi connectivity index (χ0v) is 6.70. The van der Waals surface area contributed by atoms with Crippen molar-refractivity contribution in [3.05, 3.63) is 24.3 Å². The minimum atomic E-state index is -0.389. The van der Waals surface area contributed by atoms with Gasteiger partial charge < -0.3 is 10.1 Å². The van der Waals surface area contributed by atoms with E-state index in [4.69, 9.17) is 4.74 Å². The highest BCUT2D eigenvalue weighted by molar-refractivity contribution is 5.97. The van der Waals surface area contributed by atoms with E-state index in [1.165, 1.54) is 0 Å². The molecule has 3 nitrogen and oxygen atoms in total. The Labute approximate surface area is 70.3 Å². The number of hydrogen-bond acceptors (Lipinski definition) is 2. The van der Waals surface area contributed by atoms with Gasteiger partial charge in [-0.1, -0.05) is 12.1 Å². The van der Waals surface area contributed by atoms with Crippen molar-refractivity contribution in [1.82, 2.24) is 0 Å². The van der Waals surface area contributed by atoms with E-state index < -0.39 is 0 Å². The van der Waals surface area contributed by atoms with E-state index in [2.05, 4.69) is 5.32 Å². The highest BCUT2D eigenvalue weighted by atomic mass is 16.5. The van der Waals surface area contributed by atoms with E-state index in [1.807, 2.05) is 24.3 Å². The molecule has 1 aliphatic heterocycles. The molecule has 1 aliphatic rings. The van der Waals surface area contributed by atoms with Gasteiger partial charge in [0.15, 0.2) is 6.10 Å². The molecule has 1 aromatic rings. The van der Waals surface area contributed by atoms with Crippen LogP contribution in [0.5, 0.6) is 5.75 Å². The summed E-state index contributed by atoms with van der Waals surface area (Å²) < 4.78 is 5.33. The summed E-state index contributed by atoms with van der Waals surface area (Å²) in [5.74, 6) is 0.651. The molecule has 1 atom stereocenters. The minimum Gasteiger partial charge on any atom is -0.479 e. The first-order valence-electron chi connectivity index (χ1n) is 3.84. The van der Waals surface area contributed by atoms with Gasteiger partial charge in [-0.3, -0.25) is 4.79 Å². The van der Waals surface area contributed by atoms with Crippen molar-refractivity contribution < 1.29 is 9.53 Å². The van der Waals surface area contributed by atoms with E-state index in [-0.39, 0.29) is 12.0 Å². The smallest absolute Gasteiger partial charge is 0.265 e. The van der Waals surface area contributed by atoms with Gasteiger partial charge in [0.2, 0.25) is 0 Å². The van der Waals surface area contributed by atoms with Gasteiger partial charge in [-0.05, 0) is 19.1 Å². The summed E-state index contributed by atoms with van der Waals surface area (Å²) >= 11 is 0. The Morgan fingerprint density at radius 2 is 2.17 bits per heavy atom. The molecule has 0 fully saturated rings. The summed E-state index contributed by atoms with van der Waals surface area (Å²) in [5.41, 5.74) is 0.751. The number of rotatable bonds is 0. The molecule has 1 heterocycles. The molecule has 62 valence electrons. The third-order valence-electron chi connectivity index (χ3n) is 1.82. The summed E-state index contributed by atoms with van der Waals surface area (Å²) in [7, 11) is 0. The average molecular weight is 163 g/mol. The molecule has 1 aromatic carbocycles. The third kappa shape index (κ3) is 1.03. The van der Waals surface area contributed by atoms with E-state index in [1.54, 1.807) is 6.92 Å². The predicted molar refractivity (Wildman–Crippen MR) is 45.2 cm³/mol. The van der Waals surface area contributed by atoms with Crippen molar-refractivity contribution >= 4 is 11.6 Å². The largest absolute Gasteiger partial charge is 0.479 e. The van der Waals surface area contributed by atoms with Crippen LogP contribution in [0.25, 0.3) is 0 Å². The maximum absolute atomic E-state index is 11.1. The summed E-state index contributed by atoms with van der Waals surface area (Å²) in [4.78, 5) is 11.1. The summed E-state index contributed by atoms with van der Waals surface area (Å²) in [6.45, 7) is 1.73. The Morgan fingerprint density at radius 3 is 3.00 bits per heavy atom. The van der Waals surface area contributed by atoms with Crippen molar-refractivity contribution in [1.29, 1.82) is 0 Å². The third-order valence-corrected chi connectivity index (χ3v) is 1.82. The summed E-state index contributed by atoms with van der Waals surface area (Å²) in [6, 6.07) is 7.39. The van der Waals surface area contributed by atoms with Crippen LogP contribution in [0.2, 0.25) is 0 Å². The van der Waals surface area contributed by atoms with Crippen molar-refractivity contribution in [2.75, 3.05) is 5.32 Å². The lowest BCUT2D eigenvalue weighted by atomic mass is 10.2. The number of carbonyl (C=O) groups excluding carboxylic acids is 1. The number of para-hydroxylation sites is 2. The minimum absolute atomic E-state index is 0.0892. The number of benzene rings is 1. The molecule has 0 aromatic heterocycles. The van der Waals surface area contributed by atoms with Gasteiger partial charge in [0.25, 0.3) is 5.91 Å².